The number of rotatable bonds is 6. The third-order valence-electron chi connectivity index (χ3n) is 5.98. The van der Waals surface area contributed by atoms with E-state index in [2.05, 4.69) is 16.8 Å². The van der Waals surface area contributed by atoms with Gasteiger partial charge < -0.3 is 14.7 Å². The third-order valence-corrected chi connectivity index (χ3v) is 8.00. The molecule has 0 spiro atoms. The average molecular weight is 500 g/mol. The van der Waals surface area contributed by atoms with Crippen molar-refractivity contribution < 1.29 is 23.1 Å². The first-order valence-electron chi connectivity index (χ1n) is 11.8. The van der Waals surface area contributed by atoms with E-state index >= 15 is 0 Å². The van der Waals surface area contributed by atoms with E-state index in [0.717, 1.165) is 12.8 Å². The number of sulfonamides is 1. The van der Waals surface area contributed by atoms with Crippen molar-refractivity contribution in [3.05, 3.63) is 53.9 Å². The number of hydrogen-bond acceptors (Lipinski definition) is 6. The van der Waals surface area contributed by atoms with Gasteiger partial charge in [-0.3, -0.25) is 9.78 Å². The lowest BCUT2D eigenvalue weighted by atomic mass is 10.0. The molecule has 1 aliphatic rings. The zero-order valence-electron chi connectivity index (χ0n) is 20.6. The Hall–Kier alpha value is -2.93. The van der Waals surface area contributed by atoms with Crippen molar-refractivity contribution in [3.63, 3.8) is 0 Å². The first-order chi connectivity index (χ1) is 16.7. The van der Waals surface area contributed by atoms with Crippen molar-refractivity contribution in [1.29, 1.82) is 0 Å². The van der Waals surface area contributed by atoms with E-state index < -0.39 is 22.2 Å². The largest absolute Gasteiger partial charge is 0.487 e. The maximum absolute atomic E-state index is 13.5. The highest BCUT2D eigenvalue weighted by molar-refractivity contribution is 7.89. The molecule has 2 aromatic rings. The molecule has 1 aliphatic heterocycles. The number of aliphatic hydroxyl groups excluding tert-OH is 1. The molecule has 1 aromatic carbocycles. The number of carbonyl (C=O) groups excluding carboxylic acids is 1. The SMILES string of the molecule is CCCC#Cc1ccc2c(c1)O[C@H](CN(C)C(=O)c1cccnc1)[C@@H](C)CN([C@@H](C)CO)S2(=O)=O. The lowest BCUT2D eigenvalue weighted by Crippen LogP contribution is -2.50. The standard InChI is InChI=1S/C26H33N3O5S/c1-5-6-7-9-21-11-12-25-23(14-21)34-24(17-28(4)26(31)22-10-8-13-27-15-22)19(2)16-29(20(3)18-30)35(25,32)33/h8,10-15,19-20,24,30H,5-6,16-18H2,1-4H3/t19-,20-,24+/m0/s1. The fraction of sp³-hybridized carbons (Fsp3) is 0.462. The smallest absolute Gasteiger partial charge is 0.255 e. The van der Waals surface area contributed by atoms with Gasteiger partial charge in [-0.2, -0.15) is 4.31 Å². The summed E-state index contributed by atoms with van der Waals surface area (Å²) in [4.78, 5) is 18.5. The van der Waals surface area contributed by atoms with E-state index in [1.165, 1.54) is 16.6 Å². The van der Waals surface area contributed by atoms with Gasteiger partial charge in [-0.1, -0.05) is 25.7 Å². The van der Waals surface area contributed by atoms with Crippen LogP contribution in [0.15, 0.2) is 47.6 Å². The van der Waals surface area contributed by atoms with Crippen LogP contribution in [0.4, 0.5) is 0 Å². The molecule has 1 N–H and O–H groups in total. The minimum Gasteiger partial charge on any atom is -0.487 e. The fourth-order valence-electron chi connectivity index (χ4n) is 3.87. The van der Waals surface area contributed by atoms with Crippen LogP contribution in [0.2, 0.25) is 0 Å². The Balaban J connectivity index is 2.01. The second kappa shape index (κ2) is 11.7. The molecule has 2 heterocycles. The highest BCUT2D eigenvalue weighted by atomic mass is 32.2. The van der Waals surface area contributed by atoms with Crippen LogP contribution in [0.25, 0.3) is 0 Å². The topological polar surface area (TPSA) is 100 Å². The normalized spacial score (nSPS) is 20.3. The Bertz CT molecular complexity index is 1190. The van der Waals surface area contributed by atoms with Crippen molar-refractivity contribution >= 4 is 15.9 Å². The van der Waals surface area contributed by atoms with Crippen molar-refractivity contribution in [1.82, 2.24) is 14.2 Å². The van der Waals surface area contributed by atoms with E-state index in [-0.39, 0.29) is 42.2 Å². The lowest BCUT2D eigenvalue weighted by molar-refractivity contribution is 0.0563. The number of aliphatic hydroxyl groups is 1. The summed E-state index contributed by atoms with van der Waals surface area (Å²) in [5, 5.41) is 9.78. The molecule has 35 heavy (non-hydrogen) atoms. The monoisotopic (exact) mass is 499 g/mol. The predicted molar refractivity (Wildman–Crippen MR) is 133 cm³/mol. The summed E-state index contributed by atoms with van der Waals surface area (Å²) in [7, 11) is -2.25. The summed E-state index contributed by atoms with van der Waals surface area (Å²) in [6.45, 7) is 5.66. The molecular weight excluding hydrogens is 466 g/mol. The van der Waals surface area contributed by atoms with E-state index in [9.17, 15) is 18.3 Å². The highest BCUT2D eigenvalue weighted by Crippen LogP contribution is 2.34. The van der Waals surface area contributed by atoms with Crippen LogP contribution in [0.5, 0.6) is 5.75 Å². The lowest BCUT2D eigenvalue weighted by Gasteiger charge is -2.37. The molecule has 8 nitrogen and oxygen atoms in total. The molecule has 0 radical (unpaired) electrons. The summed E-state index contributed by atoms with van der Waals surface area (Å²) in [6.07, 6.45) is 4.27. The Morgan fingerprint density at radius 2 is 2.14 bits per heavy atom. The van der Waals surface area contributed by atoms with E-state index in [0.29, 0.717) is 11.1 Å². The maximum atomic E-state index is 13.5. The predicted octanol–water partition coefficient (Wildman–Crippen LogP) is 2.77. The Kier molecular flexibility index (Phi) is 8.89. The highest BCUT2D eigenvalue weighted by Gasteiger charge is 2.38. The van der Waals surface area contributed by atoms with Crippen LogP contribution < -0.4 is 4.74 Å². The zero-order chi connectivity index (χ0) is 25.6. The van der Waals surface area contributed by atoms with E-state index in [4.69, 9.17) is 4.74 Å². The molecule has 0 aliphatic carbocycles. The average Bonchev–Trinajstić information content (AvgIpc) is 2.85. The molecule has 3 atom stereocenters. The molecule has 9 heteroatoms. The van der Waals surface area contributed by atoms with Crippen LogP contribution in [0.1, 0.15) is 49.5 Å². The molecule has 1 amide bonds. The number of fused-ring (bicyclic) bond motifs is 1. The number of benzene rings is 1. The fourth-order valence-corrected chi connectivity index (χ4v) is 5.70. The summed E-state index contributed by atoms with van der Waals surface area (Å²) >= 11 is 0. The second-order valence-corrected chi connectivity index (χ2v) is 10.7. The van der Waals surface area contributed by atoms with Crippen molar-refractivity contribution in [2.45, 2.75) is 50.7 Å². The van der Waals surface area contributed by atoms with Crippen LogP contribution in [-0.4, -0.2) is 72.5 Å². The first-order valence-corrected chi connectivity index (χ1v) is 13.2. The molecule has 0 fully saturated rings. The summed E-state index contributed by atoms with van der Waals surface area (Å²) in [6, 6.07) is 7.60. The number of hydrogen-bond donors (Lipinski definition) is 1. The molecule has 1 aromatic heterocycles. The van der Waals surface area contributed by atoms with Crippen LogP contribution in [0.3, 0.4) is 0 Å². The quantitative estimate of drug-likeness (QED) is 0.614. The van der Waals surface area contributed by atoms with Crippen molar-refractivity contribution in [2.24, 2.45) is 5.92 Å². The van der Waals surface area contributed by atoms with Gasteiger partial charge in [0, 0.05) is 49.9 Å². The van der Waals surface area contributed by atoms with Crippen molar-refractivity contribution in [3.8, 4) is 17.6 Å². The Morgan fingerprint density at radius 1 is 1.37 bits per heavy atom. The third kappa shape index (κ3) is 6.20. The van der Waals surface area contributed by atoms with Gasteiger partial charge in [-0.15, -0.1) is 0 Å². The summed E-state index contributed by atoms with van der Waals surface area (Å²) in [5.74, 6) is 5.85. The molecule has 188 valence electrons. The second-order valence-electron chi connectivity index (χ2n) is 8.88. The number of nitrogens with zero attached hydrogens (tertiary/aromatic N) is 3. The molecule has 0 saturated heterocycles. The number of carbonyl (C=O) groups is 1. The molecular formula is C26H33N3O5S. The van der Waals surface area contributed by atoms with Gasteiger partial charge in [0.1, 0.15) is 16.7 Å². The first kappa shape index (κ1) is 26.7. The number of aromatic nitrogens is 1. The summed E-state index contributed by atoms with van der Waals surface area (Å²) < 4.78 is 34.7. The van der Waals surface area contributed by atoms with Crippen LogP contribution in [0, 0.1) is 17.8 Å². The Morgan fingerprint density at radius 3 is 2.80 bits per heavy atom. The van der Waals surface area contributed by atoms with Gasteiger partial charge in [0.05, 0.1) is 18.7 Å². The maximum Gasteiger partial charge on any atom is 0.255 e. The van der Waals surface area contributed by atoms with Crippen LogP contribution >= 0.6 is 0 Å². The number of ether oxygens (including phenoxy) is 1. The van der Waals surface area contributed by atoms with E-state index in [1.807, 2.05) is 13.8 Å². The van der Waals surface area contributed by atoms with Crippen molar-refractivity contribution in [2.75, 3.05) is 26.7 Å². The molecule has 0 bridgehead atoms. The van der Waals surface area contributed by atoms with Gasteiger partial charge in [0.25, 0.3) is 5.91 Å². The molecule has 0 unspecified atom stereocenters. The summed E-state index contributed by atoms with van der Waals surface area (Å²) in [5.41, 5.74) is 1.11. The van der Waals surface area contributed by atoms with Gasteiger partial charge >= 0.3 is 0 Å². The molecule has 0 saturated carbocycles. The number of pyridine rings is 1. The van der Waals surface area contributed by atoms with E-state index in [1.54, 1.807) is 49.3 Å². The van der Waals surface area contributed by atoms with Gasteiger partial charge in [0.15, 0.2) is 0 Å². The zero-order valence-corrected chi connectivity index (χ0v) is 21.5. The number of likely N-dealkylation sites (N-methyl/N-ethyl adjacent to an activating group) is 1. The van der Waals surface area contributed by atoms with Crippen LogP contribution in [-0.2, 0) is 10.0 Å². The minimum absolute atomic E-state index is 0.0250. The number of unbranched alkanes of at least 4 members (excludes halogenated alkanes) is 1. The minimum atomic E-state index is -3.93. The van der Waals surface area contributed by atoms with Gasteiger partial charge in [-0.05, 0) is 43.7 Å². The Labute approximate surface area is 208 Å². The number of amides is 1. The van der Waals surface area contributed by atoms with Gasteiger partial charge in [0.2, 0.25) is 10.0 Å². The molecule has 3 rings (SSSR count). The van der Waals surface area contributed by atoms with Gasteiger partial charge in [-0.25, -0.2) is 8.42 Å².